The van der Waals surface area contributed by atoms with E-state index in [1.54, 1.807) is 6.92 Å². The van der Waals surface area contributed by atoms with Crippen molar-refractivity contribution in [1.82, 2.24) is 15.0 Å². The number of urea groups is 1. The number of imide groups is 1. The van der Waals surface area contributed by atoms with E-state index >= 15 is 0 Å². The molecular weight excluding hydrogens is 352 g/mol. The minimum absolute atomic E-state index is 0.0402. The van der Waals surface area contributed by atoms with Crippen LogP contribution in [0.3, 0.4) is 0 Å². The Morgan fingerprint density at radius 3 is 2.65 bits per heavy atom. The standard InChI is InChI=1S/C18H16N4O3S/c1-11-3-5-14(6-4-11)22-12(2)17(23)21(18(22)24)9-15-19-16(20-25-15)13-7-8-26-10-13/h3-8,10,12H,9H2,1-2H3/t12-/m1/s1. The first-order valence-electron chi connectivity index (χ1n) is 8.11. The molecule has 1 atom stereocenters. The van der Waals surface area contributed by atoms with E-state index in [0.29, 0.717) is 11.5 Å². The van der Waals surface area contributed by atoms with E-state index < -0.39 is 6.04 Å². The van der Waals surface area contributed by atoms with E-state index in [9.17, 15) is 9.59 Å². The number of benzene rings is 1. The summed E-state index contributed by atoms with van der Waals surface area (Å²) < 4.78 is 5.22. The predicted molar refractivity (Wildman–Crippen MR) is 96.7 cm³/mol. The second-order valence-corrected chi connectivity index (χ2v) is 6.89. The van der Waals surface area contributed by atoms with Gasteiger partial charge in [0, 0.05) is 16.6 Å². The third-order valence-electron chi connectivity index (χ3n) is 4.30. The van der Waals surface area contributed by atoms with Gasteiger partial charge in [-0.3, -0.25) is 14.6 Å². The van der Waals surface area contributed by atoms with Crippen LogP contribution in [0.5, 0.6) is 0 Å². The lowest BCUT2D eigenvalue weighted by molar-refractivity contribution is -0.127. The number of rotatable bonds is 4. The molecule has 0 aliphatic carbocycles. The van der Waals surface area contributed by atoms with Gasteiger partial charge >= 0.3 is 6.03 Å². The van der Waals surface area contributed by atoms with Crippen LogP contribution in [-0.2, 0) is 11.3 Å². The molecule has 1 fully saturated rings. The fraction of sp³-hybridized carbons (Fsp3) is 0.222. The maximum absolute atomic E-state index is 12.8. The van der Waals surface area contributed by atoms with Crippen LogP contribution in [0.25, 0.3) is 11.4 Å². The molecule has 0 saturated carbocycles. The summed E-state index contributed by atoms with van der Waals surface area (Å²) in [6.45, 7) is 3.64. The van der Waals surface area contributed by atoms with Crippen LogP contribution < -0.4 is 4.90 Å². The van der Waals surface area contributed by atoms with Gasteiger partial charge in [0.1, 0.15) is 12.6 Å². The molecule has 3 amide bonds. The van der Waals surface area contributed by atoms with Gasteiger partial charge in [-0.25, -0.2) is 4.79 Å². The Bertz CT molecular complexity index is 949. The first-order chi connectivity index (χ1) is 12.5. The molecule has 0 bridgehead atoms. The summed E-state index contributed by atoms with van der Waals surface area (Å²) in [7, 11) is 0. The molecule has 4 rings (SSSR count). The highest BCUT2D eigenvalue weighted by atomic mass is 32.1. The monoisotopic (exact) mass is 368 g/mol. The summed E-state index contributed by atoms with van der Waals surface area (Å²) in [5.74, 6) is 0.389. The molecular formula is C18H16N4O3S. The normalized spacial score (nSPS) is 17.4. The maximum atomic E-state index is 12.8. The van der Waals surface area contributed by atoms with Gasteiger partial charge < -0.3 is 4.52 Å². The van der Waals surface area contributed by atoms with Crippen LogP contribution in [0.15, 0.2) is 45.6 Å². The van der Waals surface area contributed by atoms with Crippen molar-refractivity contribution < 1.29 is 14.1 Å². The molecule has 1 aliphatic rings. The zero-order valence-electron chi connectivity index (χ0n) is 14.2. The van der Waals surface area contributed by atoms with Crippen LogP contribution in [-0.4, -0.2) is 33.0 Å². The molecule has 26 heavy (non-hydrogen) atoms. The highest BCUT2D eigenvalue weighted by Crippen LogP contribution is 2.27. The topological polar surface area (TPSA) is 79.5 Å². The predicted octanol–water partition coefficient (Wildman–Crippen LogP) is 3.46. The number of amides is 3. The minimum atomic E-state index is -0.579. The Labute approximate surface area is 153 Å². The first kappa shape index (κ1) is 16.5. The number of aryl methyl sites for hydroxylation is 1. The van der Waals surface area contributed by atoms with Crippen LogP contribution in [0.1, 0.15) is 18.4 Å². The molecule has 1 aliphatic heterocycles. The molecule has 132 valence electrons. The van der Waals surface area contributed by atoms with Crippen LogP contribution >= 0.6 is 11.3 Å². The van der Waals surface area contributed by atoms with Crippen LogP contribution in [0.4, 0.5) is 10.5 Å². The lowest BCUT2D eigenvalue weighted by atomic mass is 10.2. The second-order valence-electron chi connectivity index (χ2n) is 6.11. The van der Waals surface area contributed by atoms with E-state index in [-0.39, 0.29) is 24.4 Å². The smallest absolute Gasteiger partial charge is 0.332 e. The van der Waals surface area contributed by atoms with Crippen molar-refractivity contribution in [3.05, 3.63) is 52.5 Å². The van der Waals surface area contributed by atoms with Gasteiger partial charge in [-0.15, -0.1) is 0 Å². The van der Waals surface area contributed by atoms with Crippen molar-refractivity contribution in [2.75, 3.05) is 4.90 Å². The number of carbonyl (C=O) groups is 2. The Balaban J connectivity index is 1.56. The Kier molecular flexibility index (Phi) is 4.04. The van der Waals surface area contributed by atoms with E-state index in [1.165, 1.54) is 16.2 Å². The summed E-state index contributed by atoms with van der Waals surface area (Å²) >= 11 is 1.53. The molecule has 0 unspecified atom stereocenters. The maximum Gasteiger partial charge on any atom is 0.332 e. The van der Waals surface area contributed by atoms with E-state index in [4.69, 9.17) is 4.52 Å². The molecule has 3 heterocycles. The first-order valence-corrected chi connectivity index (χ1v) is 9.05. The number of aromatic nitrogens is 2. The van der Waals surface area contributed by atoms with Crippen molar-refractivity contribution in [1.29, 1.82) is 0 Å². The van der Waals surface area contributed by atoms with E-state index in [0.717, 1.165) is 16.0 Å². The number of nitrogens with zero attached hydrogens (tertiary/aromatic N) is 4. The molecule has 0 radical (unpaired) electrons. The average Bonchev–Trinajstić information content (AvgIpc) is 3.35. The lowest BCUT2D eigenvalue weighted by Gasteiger charge is -2.19. The van der Waals surface area contributed by atoms with Crippen molar-refractivity contribution in [2.45, 2.75) is 26.4 Å². The van der Waals surface area contributed by atoms with E-state index in [1.807, 2.05) is 48.0 Å². The average molecular weight is 368 g/mol. The van der Waals surface area contributed by atoms with Crippen molar-refractivity contribution in [3.8, 4) is 11.4 Å². The van der Waals surface area contributed by atoms with Gasteiger partial charge in [0.25, 0.3) is 5.91 Å². The largest absolute Gasteiger partial charge is 0.337 e. The van der Waals surface area contributed by atoms with Crippen LogP contribution in [0.2, 0.25) is 0 Å². The van der Waals surface area contributed by atoms with Crippen molar-refractivity contribution >= 4 is 29.0 Å². The fourth-order valence-corrected chi connectivity index (χ4v) is 3.51. The number of anilines is 1. The molecule has 8 heteroatoms. The molecule has 1 saturated heterocycles. The second kappa shape index (κ2) is 6.38. The van der Waals surface area contributed by atoms with Crippen LogP contribution in [0, 0.1) is 6.92 Å². The highest BCUT2D eigenvalue weighted by Gasteiger charge is 2.44. The zero-order valence-corrected chi connectivity index (χ0v) is 15.1. The summed E-state index contributed by atoms with van der Waals surface area (Å²) in [5, 5.41) is 7.74. The number of hydrogen-bond acceptors (Lipinski definition) is 6. The number of carbonyl (C=O) groups excluding carboxylic acids is 2. The third kappa shape index (κ3) is 2.78. The zero-order chi connectivity index (χ0) is 18.3. The fourth-order valence-electron chi connectivity index (χ4n) is 2.87. The molecule has 1 aromatic carbocycles. The Hall–Kier alpha value is -3.00. The molecule has 2 aromatic heterocycles. The summed E-state index contributed by atoms with van der Waals surface area (Å²) in [6, 6.07) is 8.41. The Morgan fingerprint density at radius 2 is 1.96 bits per heavy atom. The van der Waals surface area contributed by atoms with Crippen molar-refractivity contribution in [2.24, 2.45) is 0 Å². The van der Waals surface area contributed by atoms with Crippen molar-refractivity contribution in [3.63, 3.8) is 0 Å². The highest BCUT2D eigenvalue weighted by molar-refractivity contribution is 7.08. The third-order valence-corrected chi connectivity index (χ3v) is 4.98. The molecule has 7 nitrogen and oxygen atoms in total. The minimum Gasteiger partial charge on any atom is -0.337 e. The summed E-state index contributed by atoms with van der Waals surface area (Å²) in [6.07, 6.45) is 0. The van der Waals surface area contributed by atoms with Gasteiger partial charge in [0.15, 0.2) is 0 Å². The number of thiophene rings is 1. The summed E-state index contributed by atoms with van der Waals surface area (Å²) in [5.41, 5.74) is 2.62. The Morgan fingerprint density at radius 1 is 1.19 bits per heavy atom. The molecule has 0 N–H and O–H groups in total. The molecule has 0 spiro atoms. The van der Waals surface area contributed by atoms with Gasteiger partial charge in [0.2, 0.25) is 11.7 Å². The van der Waals surface area contributed by atoms with Gasteiger partial charge in [-0.05, 0) is 37.4 Å². The summed E-state index contributed by atoms with van der Waals surface area (Å²) in [4.78, 5) is 32.3. The van der Waals surface area contributed by atoms with Gasteiger partial charge in [0.05, 0.1) is 0 Å². The van der Waals surface area contributed by atoms with E-state index in [2.05, 4.69) is 10.1 Å². The van der Waals surface area contributed by atoms with Gasteiger partial charge in [-0.1, -0.05) is 22.9 Å². The lowest BCUT2D eigenvalue weighted by Crippen LogP contribution is -2.33. The molecule has 3 aromatic rings. The van der Waals surface area contributed by atoms with Gasteiger partial charge in [-0.2, -0.15) is 16.3 Å². The quantitative estimate of drug-likeness (QED) is 0.659. The number of hydrogen-bond donors (Lipinski definition) is 0. The SMILES string of the molecule is Cc1ccc(N2C(=O)N(Cc3nc(-c4ccsc4)no3)C(=O)[C@H]2C)cc1.